The molecule has 35 heavy (non-hydrogen) atoms. The standard InChI is InChI=1S/C27H29FN2O4S/c1-18(2)13-30(27(32)21-6-4-5-7-22(21)28)16-26(31)29(15-25-19(3)10-11-35-25)14-20-8-9-23-24(12-20)34-17-33-23/h4-12,18H,13-17H2,1-3H3. The highest BCUT2D eigenvalue weighted by Gasteiger charge is 2.26. The van der Waals surface area contributed by atoms with E-state index < -0.39 is 11.7 Å². The fourth-order valence-electron chi connectivity index (χ4n) is 3.96. The number of hydrogen-bond donors (Lipinski definition) is 0. The maximum Gasteiger partial charge on any atom is 0.257 e. The van der Waals surface area contributed by atoms with Gasteiger partial charge in [0.1, 0.15) is 12.4 Å². The molecule has 0 aliphatic carbocycles. The van der Waals surface area contributed by atoms with E-state index in [1.165, 1.54) is 17.0 Å². The second-order valence-electron chi connectivity index (χ2n) is 9.02. The molecular formula is C27H29FN2O4S. The van der Waals surface area contributed by atoms with Crippen molar-refractivity contribution in [2.45, 2.75) is 33.9 Å². The van der Waals surface area contributed by atoms with Crippen molar-refractivity contribution in [1.29, 1.82) is 0 Å². The number of hydrogen-bond acceptors (Lipinski definition) is 5. The molecular weight excluding hydrogens is 467 g/mol. The number of benzene rings is 2. The number of fused-ring (bicyclic) bond motifs is 1. The Morgan fingerprint density at radius 2 is 1.80 bits per heavy atom. The Morgan fingerprint density at radius 3 is 2.51 bits per heavy atom. The lowest BCUT2D eigenvalue weighted by Gasteiger charge is -2.29. The molecule has 0 unspecified atom stereocenters. The number of ether oxygens (including phenoxy) is 2. The molecule has 0 fully saturated rings. The summed E-state index contributed by atoms with van der Waals surface area (Å²) in [6, 6.07) is 13.5. The average molecular weight is 497 g/mol. The summed E-state index contributed by atoms with van der Waals surface area (Å²) in [6.07, 6.45) is 0. The van der Waals surface area contributed by atoms with Crippen molar-refractivity contribution in [2.75, 3.05) is 19.9 Å². The first-order chi connectivity index (χ1) is 16.8. The molecule has 0 saturated carbocycles. The van der Waals surface area contributed by atoms with Crippen LogP contribution in [0, 0.1) is 18.7 Å². The van der Waals surface area contributed by atoms with Gasteiger partial charge in [0.2, 0.25) is 12.7 Å². The first kappa shape index (κ1) is 24.7. The van der Waals surface area contributed by atoms with Gasteiger partial charge in [-0.1, -0.05) is 32.0 Å². The molecule has 4 rings (SSSR count). The molecule has 2 aromatic carbocycles. The zero-order chi connectivity index (χ0) is 24.9. The van der Waals surface area contributed by atoms with Crippen LogP contribution < -0.4 is 9.47 Å². The monoisotopic (exact) mass is 496 g/mol. The first-order valence-electron chi connectivity index (χ1n) is 11.5. The van der Waals surface area contributed by atoms with E-state index >= 15 is 0 Å². The Kier molecular flexibility index (Phi) is 7.70. The summed E-state index contributed by atoms with van der Waals surface area (Å²) in [7, 11) is 0. The zero-order valence-corrected chi connectivity index (χ0v) is 20.9. The Balaban J connectivity index is 1.58. The Labute approximate surface area is 208 Å². The van der Waals surface area contributed by atoms with Crippen LogP contribution in [0.25, 0.3) is 0 Å². The van der Waals surface area contributed by atoms with E-state index in [4.69, 9.17) is 9.47 Å². The van der Waals surface area contributed by atoms with E-state index in [2.05, 4.69) is 0 Å². The Hall–Kier alpha value is -3.39. The minimum Gasteiger partial charge on any atom is -0.454 e. The molecule has 0 bridgehead atoms. The third-order valence-electron chi connectivity index (χ3n) is 5.77. The lowest BCUT2D eigenvalue weighted by atomic mass is 10.1. The number of nitrogens with zero attached hydrogens (tertiary/aromatic N) is 2. The maximum atomic E-state index is 14.4. The number of carbonyl (C=O) groups excluding carboxylic acids is 2. The topological polar surface area (TPSA) is 59.1 Å². The lowest BCUT2D eigenvalue weighted by Crippen LogP contribution is -2.44. The van der Waals surface area contributed by atoms with Crippen molar-refractivity contribution in [3.63, 3.8) is 0 Å². The molecule has 1 aromatic heterocycles. The molecule has 8 heteroatoms. The van der Waals surface area contributed by atoms with Crippen LogP contribution in [0.5, 0.6) is 11.5 Å². The van der Waals surface area contributed by atoms with Gasteiger partial charge in [-0.2, -0.15) is 0 Å². The SMILES string of the molecule is Cc1ccsc1CN(Cc1ccc2c(c1)OCO2)C(=O)CN(CC(C)C)C(=O)c1ccccc1F. The molecule has 0 spiro atoms. The third kappa shape index (κ3) is 6.00. The van der Waals surface area contributed by atoms with Crippen molar-refractivity contribution in [3.8, 4) is 11.5 Å². The molecule has 0 N–H and O–H groups in total. The van der Waals surface area contributed by atoms with Crippen LogP contribution in [0.4, 0.5) is 4.39 Å². The molecule has 1 aliphatic heterocycles. The summed E-state index contributed by atoms with van der Waals surface area (Å²) in [6.45, 7) is 7.09. The van der Waals surface area contributed by atoms with Crippen molar-refractivity contribution < 1.29 is 23.5 Å². The van der Waals surface area contributed by atoms with Crippen molar-refractivity contribution in [2.24, 2.45) is 5.92 Å². The molecule has 0 atom stereocenters. The van der Waals surface area contributed by atoms with Gasteiger partial charge in [0.25, 0.3) is 5.91 Å². The zero-order valence-electron chi connectivity index (χ0n) is 20.1. The maximum absolute atomic E-state index is 14.4. The van der Waals surface area contributed by atoms with Crippen molar-refractivity contribution >= 4 is 23.2 Å². The molecule has 184 valence electrons. The predicted molar refractivity (Wildman–Crippen MR) is 133 cm³/mol. The molecule has 1 aliphatic rings. The van der Waals surface area contributed by atoms with Gasteiger partial charge in [-0.3, -0.25) is 9.59 Å². The second-order valence-corrected chi connectivity index (χ2v) is 10.0. The minimum atomic E-state index is -0.592. The van der Waals surface area contributed by atoms with Crippen LogP contribution in [-0.2, 0) is 17.9 Å². The normalized spacial score (nSPS) is 12.1. The summed E-state index contributed by atoms with van der Waals surface area (Å²) in [4.78, 5) is 31.1. The van der Waals surface area contributed by atoms with E-state index in [9.17, 15) is 14.0 Å². The van der Waals surface area contributed by atoms with Crippen LogP contribution in [0.1, 0.15) is 40.2 Å². The summed E-state index contributed by atoms with van der Waals surface area (Å²) < 4.78 is 25.3. The van der Waals surface area contributed by atoms with E-state index in [1.54, 1.807) is 28.4 Å². The van der Waals surface area contributed by atoms with Gasteiger partial charge in [0.05, 0.1) is 12.1 Å². The van der Waals surface area contributed by atoms with Gasteiger partial charge in [0, 0.05) is 18.0 Å². The number of amides is 2. The number of halogens is 1. The number of carbonyl (C=O) groups is 2. The largest absolute Gasteiger partial charge is 0.454 e. The van der Waals surface area contributed by atoms with Gasteiger partial charge in [-0.05, 0) is 59.7 Å². The lowest BCUT2D eigenvalue weighted by molar-refractivity contribution is -0.133. The summed E-state index contributed by atoms with van der Waals surface area (Å²) >= 11 is 1.59. The Morgan fingerprint density at radius 1 is 1.03 bits per heavy atom. The van der Waals surface area contributed by atoms with Crippen molar-refractivity contribution in [3.05, 3.63) is 81.3 Å². The molecule has 0 radical (unpaired) electrons. The minimum absolute atomic E-state index is 0.0302. The number of thiophene rings is 1. The van der Waals surface area contributed by atoms with Gasteiger partial charge in [-0.15, -0.1) is 11.3 Å². The van der Waals surface area contributed by atoms with Crippen LogP contribution in [0.3, 0.4) is 0 Å². The fraction of sp³-hybridized carbons (Fsp3) is 0.333. The number of rotatable bonds is 9. The summed E-state index contributed by atoms with van der Waals surface area (Å²) in [5.74, 6) is 0.157. The van der Waals surface area contributed by atoms with Crippen LogP contribution in [0.2, 0.25) is 0 Å². The summed E-state index contributed by atoms with van der Waals surface area (Å²) in [5, 5.41) is 2.00. The second kappa shape index (κ2) is 10.9. The van der Waals surface area contributed by atoms with Gasteiger partial charge < -0.3 is 19.3 Å². The van der Waals surface area contributed by atoms with Gasteiger partial charge in [-0.25, -0.2) is 4.39 Å². The average Bonchev–Trinajstić information content (AvgIpc) is 3.46. The smallest absolute Gasteiger partial charge is 0.257 e. The number of aryl methyl sites for hydroxylation is 1. The third-order valence-corrected chi connectivity index (χ3v) is 6.78. The van der Waals surface area contributed by atoms with Crippen LogP contribution in [0.15, 0.2) is 53.9 Å². The summed E-state index contributed by atoms with van der Waals surface area (Å²) in [5.41, 5.74) is 1.98. The van der Waals surface area contributed by atoms with E-state index in [0.29, 0.717) is 31.1 Å². The van der Waals surface area contributed by atoms with Gasteiger partial charge >= 0.3 is 0 Å². The molecule has 2 amide bonds. The molecule has 3 aromatic rings. The van der Waals surface area contributed by atoms with Crippen LogP contribution >= 0.6 is 11.3 Å². The van der Waals surface area contributed by atoms with Crippen molar-refractivity contribution in [1.82, 2.24) is 9.80 Å². The molecule has 0 saturated heterocycles. The first-order valence-corrected chi connectivity index (χ1v) is 12.4. The van der Waals surface area contributed by atoms with E-state index in [0.717, 1.165) is 16.0 Å². The highest BCUT2D eigenvalue weighted by molar-refractivity contribution is 7.10. The molecule has 6 nitrogen and oxygen atoms in total. The van der Waals surface area contributed by atoms with E-state index in [-0.39, 0.29) is 30.7 Å². The Bertz CT molecular complexity index is 1210. The fourth-order valence-corrected chi connectivity index (χ4v) is 4.88. The molecule has 2 heterocycles. The predicted octanol–water partition coefficient (Wildman–Crippen LogP) is 5.25. The van der Waals surface area contributed by atoms with E-state index in [1.807, 2.05) is 50.4 Å². The highest BCUT2D eigenvalue weighted by atomic mass is 32.1. The van der Waals surface area contributed by atoms with Gasteiger partial charge in [0.15, 0.2) is 11.5 Å². The van der Waals surface area contributed by atoms with Crippen LogP contribution in [-0.4, -0.2) is 41.5 Å². The highest BCUT2D eigenvalue weighted by Crippen LogP contribution is 2.33. The quantitative estimate of drug-likeness (QED) is 0.406.